The second-order valence-electron chi connectivity index (χ2n) is 8.71. The van der Waals surface area contributed by atoms with Gasteiger partial charge < -0.3 is 0 Å². The van der Waals surface area contributed by atoms with Crippen molar-refractivity contribution in [3.05, 3.63) is 108 Å². The lowest BCUT2D eigenvalue weighted by atomic mass is 9.77. The molecule has 1 aliphatic rings. The van der Waals surface area contributed by atoms with Crippen LogP contribution in [0.1, 0.15) is 25.0 Å². The van der Waals surface area contributed by atoms with Gasteiger partial charge >= 0.3 is 0 Å². The molecule has 5 aromatic rings. The largest absolute Gasteiger partial charge is 0.228 e. The molecule has 0 bridgehead atoms. The number of aromatic nitrogens is 2. The van der Waals surface area contributed by atoms with Crippen LogP contribution in [-0.2, 0) is 5.41 Å². The zero-order valence-electron chi connectivity index (χ0n) is 18.0. The number of rotatable bonds is 2. The number of para-hydroxylation sites is 1. The van der Waals surface area contributed by atoms with Crippen molar-refractivity contribution in [2.45, 2.75) is 29.1 Å². The first kappa shape index (κ1) is 19.3. The molecule has 0 spiro atoms. The molecule has 32 heavy (non-hydrogen) atoms. The fraction of sp³-hybridized carbons (Fsp3) is 0.103. The minimum absolute atomic E-state index is 0.0771. The Morgan fingerprint density at radius 3 is 2.22 bits per heavy atom. The van der Waals surface area contributed by atoms with Gasteiger partial charge in [0.25, 0.3) is 0 Å². The van der Waals surface area contributed by atoms with Gasteiger partial charge in [0.05, 0.1) is 11.2 Å². The first-order chi connectivity index (χ1) is 15.6. The molecule has 1 aliphatic heterocycles. The van der Waals surface area contributed by atoms with Crippen molar-refractivity contribution in [3.63, 3.8) is 0 Å². The molecule has 6 rings (SSSR count). The van der Waals surface area contributed by atoms with Gasteiger partial charge in [0.1, 0.15) is 0 Å². The van der Waals surface area contributed by atoms with Crippen molar-refractivity contribution in [1.82, 2.24) is 9.97 Å². The molecular formula is C29H22N2S. The Balaban J connectivity index is 1.54. The average molecular weight is 431 g/mol. The average Bonchev–Trinajstić information content (AvgIpc) is 2.84. The molecule has 0 aliphatic carbocycles. The fourth-order valence-electron chi connectivity index (χ4n) is 4.60. The van der Waals surface area contributed by atoms with Gasteiger partial charge in [-0.3, -0.25) is 0 Å². The molecule has 0 amide bonds. The van der Waals surface area contributed by atoms with Crippen LogP contribution >= 0.6 is 11.8 Å². The van der Waals surface area contributed by atoms with Gasteiger partial charge in [0.2, 0.25) is 0 Å². The summed E-state index contributed by atoms with van der Waals surface area (Å²) in [5.41, 5.74) is 6.73. The predicted molar refractivity (Wildman–Crippen MR) is 133 cm³/mol. The van der Waals surface area contributed by atoms with E-state index in [1.165, 1.54) is 20.9 Å². The van der Waals surface area contributed by atoms with Crippen molar-refractivity contribution >= 4 is 22.7 Å². The quantitative estimate of drug-likeness (QED) is 0.286. The summed E-state index contributed by atoms with van der Waals surface area (Å²) in [5.74, 6) is 0.769. The summed E-state index contributed by atoms with van der Waals surface area (Å²) in [6.45, 7) is 4.62. The first-order valence-electron chi connectivity index (χ1n) is 10.9. The summed E-state index contributed by atoms with van der Waals surface area (Å²) in [6.07, 6.45) is 0. The zero-order chi connectivity index (χ0) is 21.7. The minimum atomic E-state index is -0.0771. The molecule has 0 N–H and O–H groups in total. The zero-order valence-corrected chi connectivity index (χ0v) is 18.9. The summed E-state index contributed by atoms with van der Waals surface area (Å²) in [4.78, 5) is 12.7. The molecule has 3 heteroatoms. The van der Waals surface area contributed by atoms with Crippen molar-refractivity contribution in [3.8, 4) is 22.6 Å². The minimum Gasteiger partial charge on any atom is -0.228 e. The van der Waals surface area contributed by atoms with Gasteiger partial charge in [0, 0.05) is 31.7 Å². The third kappa shape index (κ3) is 3.04. The molecule has 0 unspecified atom stereocenters. The molecule has 1 aromatic heterocycles. The van der Waals surface area contributed by atoms with Crippen LogP contribution in [0.5, 0.6) is 0 Å². The third-order valence-electron chi connectivity index (χ3n) is 6.34. The molecule has 2 nitrogen and oxygen atoms in total. The van der Waals surface area contributed by atoms with Gasteiger partial charge in [-0.15, -0.1) is 0 Å². The third-order valence-corrected chi connectivity index (χ3v) is 7.49. The first-order valence-corrected chi connectivity index (χ1v) is 11.7. The molecule has 0 saturated carbocycles. The summed E-state index contributed by atoms with van der Waals surface area (Å²) in [5, 5.41) is 1.07. The molecule has 0 atom stereocenters. The van der Waals surface area contributed by atoms with E-state index in [-0.39, 0.29) is 5.41 Å². The van der Waals surface area contributed by atoms with Crippen LogP contribution in [0.3, 0.4) is 0 Å². The Hall–Kier alpha value is -3.43. The normalized spacial score (nSPS) is 14.1. The standard InChI is InChI=1S/C29H22N2S/c1-29(2)22-13-7-9-15-25(22)32-26-17-16-20(18-23(26)29)28-30-24-14-8-6-12-21(24)27(31-28)19-10-4-3-5-11-19/h3-18H,1-2H3. The van der Waals surface area contributed by atoms with Crippen LogP contribution in [0.4, 0.5) is 0 Å². The number of benzene rings is 4. The number of fused-ring (bicyclic) bond motifs is 3. The van der Waals surface area contributed by atoms with Gasteiger partial charge in [-0.05, 0) is 35.4 Å². The van der Waals surface area contributed by atoms with E-state index in [1.807, 2.05) is 30.0 Å². The molecular weight excluding hydrogens is 408 g/mol. The van der Waals surface area contributed by atoms with Crippen molar-refractivity contribution in [2.75, 3.05) is 0 Å². The number of hydrogen-bond acceptors (Lipinski definition) is 3. The SMILES string of the molecule is CC1(C)c2ccccc2Sc2ccc(-c3nc(-c4ccccc4)c4ccccc4n3)cc21. The highest BCUT2D eigenvalue weighted by Crippen LogP contribution is 2.49. The van der Waals surface area contributed by atoms with Gasteiger partial charge in [-0.2, -0.15) is 0 Å². The monoisotopic (exact) mass is 430 g/mol. The summed E-state index contributed by atoms with van der Waals surface area (Å²) in [7, 11) is 0. The van der Waals surface area contributed by atoms with Gasteiger partial charge in [-0.1, -0.05) is 98.4 Å². The van der Waals surface area contributed by atoms with E-state index >= 15 is 0 Å². The lowest BCUT2D eigenvalue weighted by Crippen LogP contribution is -2.23. The van der Waals surface area contributed by atoms with E-state index in [1.54, 1.807) is 0 Å². The maximum absolute atomic E-state index is 5.06. The van der Waals surface area contributed by atoms with Crippen LogP contribution in [0.15, 0.2) is 107 Å². The Morgan fingerprint density at radius 2 is 1.34 bits per heavy atom. The van der Waals surface area contributed by atoms with Crippen molar-refractivity contribution < 1.29 is 0 Å². The highest BCUT2D eigenvalue weighted by molar-refractivity contribution is 7.99. The Morgan fingerprint density at radius 1 is 0.625 bits per heavy atom. The molecule has 4 aromatic carbocycles. The summed E-state index contributed by atoms with van der Waals surface area (Å²) < 4.78 is 0. The second kappa shape index (κ2) is 7.32. The maximum atomic E-state index is 5.06. The number of nitrogens with zero attached hydrogens (tertiary/aromatic N) is 2. The van der Waals surface area contributed by atoms with Crippen LogP contribution in [0, 0.1) is 0 Å². The topological polar surface area (TPSA) is 25.8 Å². The van der Waals surface area contributed by atoms with Crippen LogP contribution < -0.4 is 0 Å². The highest BCUT2D eigenvalue weighted by Gasteiger charge is 2.33. The van der Waals surface area contributed by atoms with E-state index in [2.05, 4.69) is 92.7 Å². The van der Waals surface area contributed by atoms with E-state index in [0.717, 1.165) is 33.5 Å². The molecule has 0 radical (unpaired) electrons. The Bertz CT molecular complexity index is 1470. The number of hydrogen-bond donors (Lipinski definition) is 0. The molecule has 2 heterocycles. The van der Waals surface area contributed by atoms with E-state index in [4.69, 9.17) is 9.97 Å². The lowest BCUT2D eigenvalue weighted by Gasteiger charge is -2.34. The lowest BCUT2D eigenvalue weighted by molar-refractivity contribution is 0.607. The second-order valence-corrected chi connectivity index (χ2v) is 9.80. The van der Waals surface area contributed by atoms with Gasteiger partial charge in [0.15, 0.2) is 5.82 Å². The van der Waals surface area contributed by atoms with Crippen molar-refractivity contribution in [1.29, 1.82) is 0 Å². The van der Waals surface area contributed by atoms with E-state index < -0.39 is 0 Å². The van der Waals surface area contributed by atoms with Crippen LogP contribution in [0.25, 0.3) is 33.5 Å². The Kier molecular flexibility index (Phi) is 4.41. The van der Waals surface area contributed by atoms with E-state index in [9.17, 15) is 0 Å². The Labute approximate surface area is 192 Å². The molecule has 0 fully saturated rings. The van der Waals surface area contributed by atoms with Crippen LogP contribution in [-0.4, -0.2) is 9.97 Å². The summed E-state index contributed by atoms with van der Waals surface area (Å²) >= 11 is 1.85. The highest BCUT2D eigenvalue weighted by atomic mass is 32.2. The predicted octanol–water partition coefficient (Wildman–Crippen LogP) is 7.75. The molecule has 0 saturated heterocycles. The van der Waals surface area contributed by atoms with Crippen molar-refractivity contribution in [2.24, 2.45) is 0 Å². The summed E-state index contributed by atoms with van der Waals surface area (Å²) in [6, 6.07) is 34.0. The maximum Gasteiger partial charge on any atom is 0.160 e. The molecule has 154 valence electrons. The smallest absolute Gasteiger partial charge is 0.160 e. The van der Waals surface area contributed by atoms with Crippen LogP contribution in [0.2, 0.25) is 0 Å². The van der Waals surface area contributed by atoms with E-state index in [0.29, 0.717) is 0 Å². The van der Waals surface area contributed by atoms with Gasteiger partial charge in [-0.25, -0.2) is 9.97 Å². The fourth-order valence-corrected chi connectivity index (χ4v) is 5.98.